The number of hydrogen-bond donors (Lipinski definition) is 3. The van der Waals surface area contributed by atoms with E-state index in [4.69, 9.17) is 37.0 Å². The number of carbonyl (C=O) groups is 4. The quantitative estimate of drug-likeness (QED) is 0.0222. The predicted molar refractivity (Wildman–Crippen MR) is 418 cm³/mol. The van der Waals surface area contributed by atoms with Crippen LogP contribution in [0.3, 0.4) is 0 Å². The molecule has 0 aromatic heterocycles. The molecule has 606 valence electrons. The Bertz CT molecular complexity index is 1980. The Hall–Kier alpha value is -1.94. The number of phosphoric ester groups is 2. The van der Waals surface area contributed by atoms with Crippen LogP contribution in [0.5, 0.6) is 0 Å². The second kappa shape index (κ2) is 73.2. The molecule has 0 rings (SSSR count). The maximum absolute atomic E-state index is 13.1. The van der Waals surface area contributed by atoms with Crippen molar-refractivity contribution < 1.29 is 80.2 Å². The van der Waals surface area contributed by atoms with Crippen molar-refractivity contribution in [3.05, 3.63) is 0 Å². The van der Waals surface area contributed by atoms with Gasteiger partial charge in [-0.25, -0.2) is 9.13 Å². The van der Waals surface area contributed by atoms with Gasteiger partial charge in [-0.2, -0.15) is 0 Å². The second-order valence-electron chi connectivity index (χ2n) is 31.1. The molecule has 0 aliphatic rings. The molecule has 0 heterocycles. The van der Waals surface area contributed by atoms with Crippen molar-refractivity contribution in [2.75, 3.05) is 39.6 Å². The van der Waals surface area contributed by atoms with Gasteiger partial charge < -0.3 is 33.8 Å². The average molecular weight is 1490 g/mol. The molecule has 0 radical (unpaired) electrons. The van der Waals surface area contributed by atoms with Gasteiger partial charge >= 0.3 is 39.5 Å². The van der Waals surface area contributed by atoms with Gasteiger partial charge in [0, 0.05) is 25.7 Å². The highest BCUT2D eigenvalue weighted by Gasteiger charge is 2.30. The molecule has 6 atom stereocenters. The molecule has 0 bridgehead atoms. The molecule has 102 heavy (non-hydrogen) atoms. The normalized spacial score (nSPS) is 14.2. The Balaban J connectivity index is 5.23. The molecule has 0 spiro atoms. The highest BCUT2D eigenvalue weighted by atomic mass is 31.2. The number of aliphatic hydroxyl groups excluding tert-OH is 1. The first kappa shape index (κ1) is 100. The van der Waals surface area contributed by atoms with E-state index in [1.807, 2.05) is 0 Å². The van der Waals surface area contributed by atoms with E-state index in [0.717, 1.165) is 108 Å². The molecule has 0 fully saturated rings. The molecule has 3 N–H and O–H groups in total. The van der Waals surface area contributed by atoms with Crippen molar-refractivity contribution in [3.63, 3.8) is 0 Å². The molecule has 0 saturated heterocycles. The first-order valence-electron chi connectivity index (χ1n) is 42.9. The van der Waals surface area contributed by atoms with Crippen molar-refractivity contribution in [1.82, 2.24) is 0 Å². The topological polar surface area (TPSA) is 237 Å². The van der Waals surface area contributed by atoms with E-state index in [1.54, 1.807) is 0 Å². The van der Waals surface area contributed by atoms with E-state index in [-0.39, 0.29) is 25.7 Å². The van der Waals surface area contributed by atoms with E-state index in [1.165, 1.54) is 244 Å². The Morgan fingerprint density at radius 2 is 0.500 bits per heavy atom. The van der Waals surface area contributed by atoms with Crippen LogP contribution in [0.2, 0.25) is 0 Å². The third kappa shape index (κ3) is 74.9. The van der Waals surface area contributed by atoms with Gasteiger partial charge in [-0.05, 0) is 43.4 Å². The average Bonchev–Trinajstić information content (AvgIpc) is 0.911. The highest BCUT2D eigenvalue weighted by molar-refractivity contribution is 7.47. The number of ether oxygens (including phenoxy) is 4. The molecule has 0 amide bonds. The molecule has 0 saturated carbocycles. The van der Waals surface area contributed by atoms with E-state index >= 15 is 0 Å². The third-order valence-electron chi connectivity index (χ3n) is 19.7. The van der Waals surface area contributed by atoms with Gasteiger partial charge in [0.2, 0.25) is 0 Å². The minimum Gasteiger partial charge on any atom is -0.462 e. The zero-order valence-corrected chi connectivity index (χ0v) is 68.9. The van der Waals surface area contributed by atoms with Gasteiger partial charge in [-0.3, -0.25) is 37.3 Å². The van der Waals surface area contributed by atoms with Gasteiger partial charge in [0.15, 0.2) is 12.2 Å². The third-order valence-corrected chi connectivity index (χ3v) is 21.6. The van der Waals surface area contributed by atoms with Crippen LogP contribution in [0, 0.1) is 17.8 Å². The van der Waals surface area contributed by atoms with Crippen LogP contribution >= 0.6 is 15.6 Å². The van der Waals surface area contributed by atoms with E-state index in [2.05, 4.69) is 48.5 Å². The summed E-state index contributed by atoms with van der Waals surface area (Å²) in [5.41, 5.74) is 0. The summed E-state index contributed by atoms with van der Waals surface area (Å²) in [5.74, 6) is 0.202. The van der Waals surface area contributed by atoms with Crippen LogP contribution in [0.1, 0.15) is 434 Å². The molecule has 3 unspecified atom stereocenters. The number of unbranched alkanes of at least 4 members (excludes halogenated alkanes) is 48. The zero-order valence-electron chi connectivity index (χ0n) is 67.1. The monoisotopic (exact) mass is 1490 g/mol. The van der Waals surface area contributed by atoms with Gasteiger partial charge in [-0.1, -0.05) is 382 Å². The molecule has 0 aliphatic heterocycles. The van der Waals surface area contributed by atoms with Crippen molar-refractivity contribution in [2.24, 2.45) is 17.8 Å². The van der Waals surface area contributed by atoms with Gasteiger partial charge in [0.05, 0.1) is 26.4 Å². The highest BCUT2D eigenvalue weighted by Crippen LogP contribution is 2.45. The van der Waals surface area contributed by atoms with Crippen LogP contribution in [0.15, 0.2) is 0 Å². The standard InChI is InChI=1S/C83H162O17P2/c1-8-10-11-12-13-14-15-16-17-18-19-20-21-22-23-28-31-36-45-52-59-66-82(87)99-78(70-93-80(85)64-57-50-43-35-30-27-25-24-26-29-34-42-49-56-63-76(7)9-2)72-97-101(89,90)95-68-77(84)69-96-102(91,92)98-73-79(71-94-81(86)65-58-51-44-39-38-41-48-55-62-75(5)6)100-83(88)67-60-53-46-37-32-33-40-47-54-61-74(3)4/h74-79,84H,8-73H2,1-7H3,(H,89,90)(H,91,92)/t76?,77-,78-,79-/m1/s1. The molecule has 0 aromatic rings. The molecule has 19 heteroatoms. The maximum Gasteiger partial charge on any atom is 0.472 e. The summed E-state index contributed by atoms with van der Waals surface area (Å²) < 4.78 is 68.8. The summed E-state index contributed by atoms with van der Waals surface area (Å²) in [6.07, 6.45) is 62.6. The van der Waals surface area contributed by atoms with Crippen molar-refractivity contribution in [2.45, 2.75) is 452 Å². The molecular weight excluding hydrogens is 1330 g/mol. The number of esters is 4. The van der Waals surface area contributed by atoms with E-state index in [9.17, 15) is 43.2 Å². The Kier molecular flexibility index (Phi) is 71.8. The van der Waals surface area contributed by atoms with Gasteiger partial charge in [0.1, 0.15) is 19.3 Å². The lowest BCUT2D eigenvalue weighted by Crippen LogP contribution is -2.30. The first-order chi connectivity index (χ1) is 49.3. The molecule has 17 nitrogen and oxygen atoms in total. The summed E-state index contributed by atoms with van der Waals surface area (Å²) in [7, 11) is -9.92. The fourth-order valence-corrected chi connectivity index (χ4v) is 14.4. The molecular formula is C83H162O17P2. The van der Waals surface area contributed by atoms with Crippen LogP contribution in [0.25, 0.3) is 0 Å². The van der Waals surface area contributed by atoms with Crippen LogP contribution in [-0.4, -0.2) is 96.7 Å². The van der Waals surface area contributed by atoms with Gasteiger partial charge in [-0.15, -0.1) is 0 Å². The minimum atomic E-state index is -4.96. The van der Waals surface area contributed by atoms with Crippen LogP contribution in [0.4, 0.5) is 0 Å². The first-order valence-corrected chi connectivity index (χ1v) is 45.9. The Morgan fingerprint density at radius 3 is 0.745 bits per heavy atom. The smallest absolute Gasteiger partial charge is 0.462 e. The van der Waals surface area contributed by atoms with Crippen molar-refractivity contribution >= 4 is 39.5 Å². The summed E-state index contributed by atoms with van der Waals surface area (Å²) in [6, 6.07) is 0. The molecule has 0 aliphatic carbocycles. The zero-order chi connectivity index (χ0) is 75.1. The number of rotatable bonds is 81. The van der Waals surface area contributed by atoms with Crippen LogP contribution < -0.4 is 0 Å². The summed E-state index contributed by atoms with van der Waals surface area (Å²) in [6.45, 7) is 11.9. The summed E-state index contributed by atoms with van der Waals surface area (Å²) in [5, 5.41) is 10.6. The summed E-state index contributed by atoms with van der Waals surface area (Å²) >= 11 is 0. The second-order valence-corrected chi connectivity index (χ2v) is 34.0. The number of carbonyl (C=O) groups excluding carboxylic acids is 4. The minimum absolute atomic E-state index is 0.105. The largest absolute Gasteiger partial charge is 0.472 e. The lowest BCUT2D eigenvalue weighted by molar-refractivity contribution is -0.161. The number of hydrogen-bond acceptors (Lipinski definition) is 15. The van der Waals surface area contributed by atoms with Gasteiger partial charge in [0.25, 0.3) is 0 Å². The Labute approximate surface area is 626 Å². The number of phosphoric acid groups is 2. The SMILES string of the molecule is CCCCCCCCCCCCCCCCCCCCCCCC(=O)O[C@H](COC(=O)CCCCCCCCCCCCCCCCC(C)CC)COP(=O)(O)OC[C@@H](O)COP(=O)(O)OC[C@@H](COC(=O)CCCCCCCCCCC(C)C)OC(=O)CCCCCCCCCCCC(C)C. The maximum atomic E-state index is 13.1. The summed E-state index contributed by atoms with van der Waals surface area (Å²) in [4.78, 5) is 73.1. The number of aliphatic hydroxyl groups is 1. The fraction of sp³-hybridized carbons (Fsp3) is 0.952. The lowest BCUT2D eigenvalue weighted by Gasteiger charge is -2.21. The molecule has 0 aromatic carbocycles. The van der Waals surface area contributed by atoms with E-state index in [0.29, 0.717) is 25.7 Å². The van der Waals surface area contributed by atoms with Crippen LogP contribution in [-0.2, 0) is 65.4 Å². The Morgan fingerprint density at radius 1 is 0.284 bits per heavy atom. The predicted octanol–water partition coefficient (Wildman–Crippen LogP) is 24.9. The fourth-order valence-electron chi connectivity index (χ4n) is 12.8. The van der Waals surface area contributed by atoms with Crippen molar-refractivity contribution in [1.29, 1.82) is 0 Å². The lowest BCUT2D eigenvalue weighted by atomic mass is 9.99. The van der Waals surface area contributed by atoms with Crippen molar-refractivity contribution in [3.8, 4) is 0 Å². The van der Waals surface area contributed by atoms with E-state index < -0.39 is 97.5 Å².